The summed E-state index contributed by atoms with van der Waals surface area (Å²) in [5, 5.41) is 5.07. The number of hydrogen-bond acceptors (Lipinski definition) is 1. The van der Waals surface area contributed by atoms with E-state index < -0.39 is 0 Å². The first-order valence-electron chi connectivity index (χ1n) is 16.0. The van der Waals surface area contributed by atoms with E-state index in [0.29, 0.717) is 0 Å². The lowest BCUT2D eigenvalue weighted by molar-refractivity contribution is 0.546. The molecule has 0 saturated heterocycles. The fraction of sp³-hybridized carbons (Fsp3) is 0.0952. The Balaban J connectivity index is 1.16. The number of aryl methyl sites for hydroxylation is 2. The molecule has 2 aliphatic carbocycles. The average Bonchev–Trinajstić information content (AvgIpc) is 3.75. The predicted octanol–water partition coefficient (Wildman–Crippen LogP) is 11.1. The molecule has 0 atom stereocenters. The van der Waals surface area contributed by atoms with E-state index >= 15 is 0 Å². The Kier molecular flexibility index (Phi) is 5.23. The van der Waals surface area contributed by atoms with Crippen molar-refractivity contribution in [2.75, 3.05) is 0 Å². The number of furan rings is 1. The highest BCUT2D eigenvalue weighted by Crippen LogP contribution is 2.40. The first-order chi connectivity index (χ1) is 22.3. The number of para-hydroxylation sites is 2. The molecule has 0 amide bonds. The Hall–Kier alpha value is -5.54. The maximum Gasteiger partial charge on any atom is 0.135 e. The van der Waals surface area contributed by atoms with Crippen LogP contribution in [0.3, 0.4) is 0 Å². The maximum absolute atomic E-state index is 6.23. The van der Waals surface area contributed by atoms with Crippen molar-refractivity contribution < 1.29 is 4.42 Å². The second kappa shape index (κ2) is 9.48. The molecular formula is C42H30N2O. The van der Waals surface area contributed by atoms with E-state index in [4.69, 9.17) is 4.42 Å². The predicted molar refractivity (Wildman–Crippen MR) is 188 cm³/mol. The van der Waals surface area contributed by atoms with Crippen LogP contribution in [0, 0.1) is 0 Å². The van der Waals surface area contributed by atoms with Crippen molar-refractivity contribution in [1.29, 1.82) is 0 Å². The van der Waals surface area contributed by atoms with Crippen molar-refractivity contribution >= 4 is 55.8 Å². The summed E-state index contributed by atoms with van der Waals surface area (Å²) >= 11 is 0. The van der Waals surface area contributed by atoms with Gasteiger partial charge in [0.25, 0.3) is 0 Å². The summed E-state index contributed by atoms with van der Waals surface area (Å²) in [5.74, 6) is 1.10. The fourth-order valence-corrected chi connectivity index (χ4v) is 7.78. The van der Waals surface area contributed by atoms with E-state index in [1.807, 2.05) is 0 Å². The Morgan fingerprint density at radius 1 is 0.511 bits per heavy atom. The minimum atomic E-state index is 0.965. The highest BCUT2D eigenvalue weighted by Gasteiger charge is 2.20. The van der Waals surface area contributed by atoms with Crippen LogP contribution >= 0.6 is 0 Å². The number of benzene rings is 5. The molecule has 0 bridgehead atoms. The van der Waals surface area contributed by atoms with Crippen molar-refractivity contribution in [2.24, 2.45) is 0 Å². The van der Waals surface area contributed by atoms with Crippen molar-refractivity contribution in [3.8, 4) is 22.5 Å². The molecule has 5 aromatic carbocycles. The molecule has 0 N–H and O–H groups in total. The maximum atomic E-state index is 6.23. The highest BCUT2D eigenvalue weighted by molar-refractivity contribution is 6.11. The van der Waals surface area contributed by atoms with Crippen LogP contribution in [0.5, 0.6) is 0 Å². The standard InChI is InChI=1S/C42H30N2O/c1-2-10-29(11-3-1)43-37-15-7-4-12-31(37)34-24-27(18-21-39(34)43)28-19-22-40-35(25-28)32-13-5-8-16-38(32)44(40)30-20-23-42-36(26-30)33-14-6-9-17-41(33)45-42/h1-3,5-8,10-11,13-16,18-26H,4,9,12,17H2. The summed E-state index contributed by atoms with van der Waals surface area (Å²) in [4.78, 5) is 0. The summed E-state index contributed by atoms with van der Waals surface area (Å²) in [5.41, 5.74) is 13.5. The molecule has 0 spiro atoms. The SMILES string of the molecule is C1=Cc2c(oc3ccc(-n4c5ccccc5c5cc(-c6ccc7c(c6)c6c(n7-c7ccccc7)C=CCC6)ccc54)cc23)CC1. The first-order valence-corrected chi connectivity index (χ1v) is 16.0. The Bertz CT molecular complexity index is 2530. The summed E-state index contributed by atoms with van der Waals surface area (Å²) in [7, 11) is 0. The van der Waals surface area contributed by atoms with E-state index in [2.05, 4.69) is 143 Å². The van der Waals surface area contributed by atoms with Gasteiger partial charge < -0.3 is 13.6 Å². The topological polar surface area (TPSA) is 23.0 Å². The third-order valence-electron chi connectivity index (χ3n) is 9.84. The number of fused-ring (bicyclic) bond motifs is 9. The number of nitrogens with zero attached hydrogens (tertiary/aromatic N) is 2. The van der Waals surface area contributed by atoms with Gasteiger partial charge in [-0.15, -0.1) is 0 Å². The van der Waals surface area contributed by atoms with Crippen LogP contribution in [0.15, 0.2) is 126 Å². The zero-order valence-corrected chi connectivity index (χ0v) is 24.8. The normalized spacial score (nSPS) is 14.1. The lowest BCUT2D eigenvalue weighted by Gasteiger charge is -2.11. The summed E-state index contributed by atoms with van der Waals surface area (Å²) < 4.78 is 11.1. The van der Waals surface area contributed by atoms with Crippen LogP contribution in [0.1, 0.15) is 35.4 Å². The zero-order valence-electron chi connectivity index (χ0n) is 24.8. The lowest BCUT2D eigenvalue weighted by Crippen LogP contribution is -1.99. The fourth-order valence-electron chi connectivity index (χ4n) is 7.78. The van der Waals surface area contributed by atoms with Gasteiger partial charge in [0.15, 0.2) is 0 Å². The molecule has 214 valence electrons. The monoisotopic (exact) mass is 578 g/mol. The van der Waals surface area contributed by atoms with Gasteiger partial charge in [0.1, 0.15) is 11.3 Å². The molecular weight excluding hydrogens is 548 g/mol. The molecule has 0 unspecified atom stereocenters. The highest BCUT2D eigenvalue weighted by atomic mass is 16.3. The molecule has 45 heavy (non-hydrogen) atoms. The molecule has 3 aromatic heterocycles. The third-order valence-corrected chi connectivity index (χ3v) is 9.84. The van der Waals surface area contributed by atoms with Crippen LogP contribution in [-0.4, -0.2) is 9.13 Å². The quantitative estimate of drug-likeness (QED) is 0.204. The molecule has 0 aliphatic heterocycles. The average molecular weight is 579 g/mol. The van der Waals surface area contributed by atoms with Crippen molar-refractivity contribution in [1.82, 2.24) is 9.13 Å². The van der Waals surface area contributed by atoms with E-state index in [1.54, 1.807) is 0 Å². The second-order valence-corrected chi connectivity index (χ2v) is 12.4. The molecule has 0 radical (unpaired) electrons. The van der Waals surface area contributed by atoms with Gasteiger partial charge in [-0.25, -0.2) is 0 Å². The third kappa shape index (κ3) is 3.64. The lowest BCUT2D eigenvalue weighted by atomic mass is 9.97. The first kappa shape index (κ1) is 24.9. The summed E-state index contributed by atoms with van der Waals surface area (Å²) in [6, 6.07) is 40.2. The van der Waals surface area contributed by atoms with Crippen LogP contribution in [0.4, 0.5) is 0 Å². The van der Waals surface area contributed by atoms with Crippen LogP contribution < -0.4 is 0 Å². The molecule has 8 aromatic rings. The summed E-state index contributed by atoms with van der Waals surface area (Å²) in [6.07, 6.45) is 13.3. The molecule has 3 nitrogen and oxygen atoms in total. The van der Waals surface area contributed by atoms with Gasteiger partial charge in [-0.3, -0.25) is 0 Å². The van der Waals surface area contributed by atoms with Gasteiger partial charge in [0.2, 0.25) is 0 Å². The van der Waals surface area contributed by atoms with Crippen LogP contribution in [-0.2, 0) is 12.8 Å². The minimum Gasteiger partial charge on any atom is -0.460 e. The number of hydrogen-bond donors (Lipinski definition) is 0. The van der Waals surface area contributed by atoms with Gasteiger partial charge in [0.05, 0.1) is 16.6 Å². The van der Waals surface area contributed by atoms with Gasteiger partial charge >= 0.3 is 0 Å². The molecule has 0 fully saturated rings. The minimum absolute atomic E-state index is 0.965. The van der Waals surface area contributed by atoms with Gasteiger partial charge in [-0.05, 0) is 103 Å². The largest absolute Gasteiger partial charge is 0.460 e. The smallest absolute Gasteiger partial charge is 0.135 e. The van der Waals surface area contributed by atoms with Crippen molar-refractivity contribution in [2.45, 2.75) is 25.7 Å². The van der Waals surface area contributed by atoms with E-state index in [9.17, 15) is 0 Å². The Morgan fingerprint density at radius 2 is 1.24 bits per heavy atom. The van der Waals surface area contributed by atoms with Gasteiger partial charge in [-0.2, -0.15) is 0 Å². The van der Waals surface area contributed by atoms with E-state index in [-0.39, 0.29) is 0 Å². The molecule has 3 heterocycles. The molecule has 10 rings (SSSR count). The summed E-state index contributed by atoms with van der Waals surface area (Å²) in [6.45, 7) is 0. The van der Waals surface area contributed by atoms with Crippen molar-refractivity contribution in [3.63, 3.8) is 0 Å². The zero-order chi connectivity index (χ0) is 29.5. The Morgan fingerprint density at radius 3 is 2.13 bits per heavy atom. The number of allylic oxidation sites excluding steroid dienone is 2. The Labute approximate surface area is 260 Å². The second-order valence-electron chi connectivity index (χ2n) is 12.4. The van der Waals surface area contributed by atoms with Crippen molar-refractivity contribution in [3.05, 3.63) is 144 Å². The van der Waals surface area contributed by atoms with Gasteiger partial charge in [-0.1, -0.05) is 66.8 Å². The van der Waals surface area contributed by atoms with E-state index in [1.165, 1.54) is 71.7 Å². The van der Waals surface area contributed by atoms with Crippen LogP contribution in [0.2, 0.25) is 0 Å². The van der Waals surface area contributed by atoms with E-state index in [0.717, 1.165) is 42.7 Å². The molecule has 0 saturated carbocycles. The van der Waals surface area contributed by atoms with Crippen LogP contribution in [0.25, 0.3) is 78.3 Å². The number of aromatic nitrogens is 2. The molecule has 3 heteroatoms. The number of rotatable bonds is 3. The molecule has 2 aliphatic rings. The van der Waals surface area contributed by atoms with Gasteiger partial charge in [0, 0.05) is 50.6 Å².